The Morgan fingerprint density at radius 1 is 0.900 bits per heavy atom. The third-order valence-electron chi connectivity index (χ3n) is 0.633. The van der Waals surface area contributed by atoms with E-state index in [0.717, 1.165) is 0 Å². The van der Waals surface area contributed by atoms with Gasteiger partial charge in [0, 0.05) is 10.8 Å². The van der Waals surface area contributed by atoms with E-state index in [1.165, 1.54) is 23.3 Å². The lowest BCUT2D eigenvalue weighted by Gasteiger charge is -1.98. The second-order valence-corrected chi connectivity index (χ2v) is 1.91. The second-order valence-electron chi connectivity index (χ2n) is 1.31. The summed E-state index contributed by atoms with van der Waals surface area (Å²) in [4.78, 5) is 0. The van der Waals surface area contributed by atoms with Crippen molar-refractivity contribution in [1.29, 1.82) is 0 Å². The van der Waals surface area contributed by atoms with Crippen LogP contribution in [-0.4, -0.2) is 13.2 Å². The molecule has 0 spiro atoms. The summed E-state index contributed by atoms with van der Waals surface area (Å²) < 4.78 is 9.78. The molecule has 0 radical (unpaired) electrons. The molecule has 0 aliphatic carbocycles. The maximum atomic E-state index is 4.89. The largest absolute Gasteiger partial charge is 0.497 e. The summed E-state index contributed by atoms with van der Waals surface area (Å²) in [5.41, 5.74) is 0. The topological polar surface area (TPSA) is 18.5 Å². The summed E-state index contributed by atoms with van der Waals surface area (Å²) >= 11 is 7.58. The van der Waals surface area contributed by atoms with Crippen molar-refractivity contribution in [2.45, 2.75) is 0 Å². The van der Waals surface area contributed by atoms with Crippen LogP contribution in [0, 0.1) is 0 Å². The molecule has 0 N–H and O–H groups in total. The van der Waals surface area contributed by atoms with Crippen molar-refractivity contribution in [1.82, 2.24) is 0 Å². The normalized spacial score (nSPS) is 11.0. The Labute approximate surface area is 71.7 Å². The first-order valence-corrected chi connectivity index (χ1v) is 3.76. The molecular formula is C6H10O2S2. The molecule has 0 unspecified atom stereocenters. The fourth-order valence-corrected chi connectivity index (χ4v) is 0.491. The molecule has 2 nitrogen and oxygen atoms in total. The number of ether oxygens (including phenoxy) is 2. The SMILES string of the molecule is SC=COCCOC=CS. The monoisotopic (exact) mass is 178 g/mol. The molecule has 58 valence electrons. The molecule has 0 aliphatic heterocycles. The van der Waals surface area contributed by atoms with Gasteiger partial charge in [0.25, 0.3) is 0 Å². The molecule has 0 rings (SSSR count). The predicted octanol–water partition coefficient (Wildman–Crippen LogP) is 1.82. The Bertz CT molecular complexity index is 98.3. The highest BCUT2D eigenvalue weighted by atomic mass is 32.1. The lowest BCUT2D eigenvalue weighted by atomic mass is 10.8. The van der Waals surface area contributed by atoms with E-state index in [1.54, 1.807) is 0 Å². The summed E-state index contributed by atoms with van der Waals surface area (Å²) in [7, 11) is 0. The summed E-state index contributed by atoms with van der Waals surface area (Å²) in [6, 6.07) is 0. The summed E-state index contributed by atoms with van der Waals surface area (Å²) in [5, 5.41) is 3.04. The quantitative estimate of drug-likeness (QED) is 0.380. The van der Waals surface area contributed by atoms with Gasteiger partial charge in [-0.25, -0.2) is 0 Å². The highest BCUT2D eigenvalue weighted by molar-refractivity contribution is 7.83. The van der Waals surface area contributed by atoms with Gasteiger partial charge in [-0.2, -0.15) is 0 Å². The molecule has 0 heterocycles. The predicted molar refractivity (Wildman–Crippen MR) is 48.2 cm³/mol. The Morgan fingerprint density at radius 3 is 1.60 bits per heavy atom. The summed E-state index contributed by atoms with van der Waals surface area (Å²) in [6.07, 6.45) is 2.99. The number of hydrogen-bond acceptors (Lipinski definition) is 4. The van der Waals surface area contributed by atoms with E-state index in [9.17, 15) is 0 Å². The van der Waals surface area contributed by atoms with Crippen LogP contribution in [0.25, 0.3) is 0 Å². The zero-order chi connectivity index (χ0) is 7.66. The van der Waals surface area contributed by atoms with Crippen LogP contribution < -0.4 is 0 Å². The van der Waals surface area contributed by atoms with E-state index < -0.39 is 0 Å². The molecule has 0 aromatic rings. The van der Waals surface area contributed by atoms with Crippen molar-refractivity contribution in [3.63, 3.8) is 0 Å². The molecule has 0 aromatic carbocycles. The van der Waals surface area contributed by atoms with Crippen LogP contribution in [0.1, 0.15) is 0 Å². The smallest absolute Gasteiger partial charge is 0.121 e. The van der Waals surface area contributed by atoms with Gasteiger partial charge in [0.15, 0.2) is 0 Å². The van der Waals surface area contributed by atoms with Crippen molar-refractivity contribution in [2.24, 2.45) is 0 Å². The molecule has 0 saturated heterocycles. The van der Waals surface area contributed by atoms with Crippen LogP contribution in [0.15, 0.2) is 23.3 Å². The van der Waals surface area contributed by atoms with Crippen LogP contribution >= 0.6 is 25.3 Å². The van der Waals surface area contributed by atoms with Gasteiger partial charge in [0.1, 0.15) is 13.2 Å². The Kier molecular flexibility index (Phi) is 8.59. The van der Waals surface area contributed by atoms with Gasteiger partial charge in [-0.3, -0.25) is 0 Å². The second kappa shape index (κ2) is 8.78. The van der Waals surface area contributed by atoms with Crippen molar-refractivity contribution in [2.75, 3.05) is 13.2 Å². The highest BCUT2D eigenvalue weighted by Crippen LogP contribution is 1.84. The molecular weight excluding hydrogens is 168 g/mol. The number of thiol groups is 2. The average Bonchev–Trinajstić information content (AvgIpc) is 1.97. The van der Waals surface area contributed by atoms with Crippen LogP contribution in [-0.2, 0) is 9.47 Å². The van der Waals surface area contributed by atoms with Crippen molar-refractivity contribution < 1.29 is 9.47 Å². The minimum atomic E-state index is 0.523. The molecule has 0 amide bonds. The number of rotatable bonds is 5. The van der Waals surface area contributed by atoms with Crippen LogP contribution in [0.3, 0.4) is 0 Å². The van der Waals surface area contributed by atoms with Crippen LogP contribution in [0.4, 0.5) is 0 Å². The van der Waals surface area contributed by atoms with Crippen molar-refractivity contribution in [3.8, 4) is 0 Å². The lowest BCUT2D eigenvalue weighted by molar-refractivity contribution is 0.150. The van der Waals surface area contributed by atoms with Gasteiger partial charge in [0.05, 0.1) is 12.5 Å². The fourth-order valence-electron chi connectivity index (χ4n) is 0.318. The fraction of sp³-hybridized carbons (Fsp3) is 0.333. The van der Waals surface area contributed by atoms with E-state index in [2.05, 4.69) is 25.3 Å². The lowest BCUT2D eigenvalue weighted by Crippen LogP contribution is -1.95. The molecule has 0 saturated carbocycles. The highest BCUT2D eigenvalue weighted by Gasteiger charge is 1.79. The van der Waals surface area contributed by atoms with Gasteiger partial charge in [-0.05, 0) is 0 Å². The van der Waals surface area contributed by atoms with Crippen LogP contribution in [0.2, 0.25) is 0 Å². The maximum Gasteiger partial charge on any atom is 0.121 e. The minimum absolute atomic E-state index is 0.523. The molecule has 10 heavy (non-hydrogen) atoms. The van der Waals surface area contributed by atoms with Gasteiger partial charge < -0.3 is 9.47 Å². The molecule has 0 aromatic heterocycles. The third kappa shape index (κ3) is 7.78. The molecule has 0 atom stereocenters. The van der Waals surface area contributed by atoms with E-state index >= 15 is 0 Å². The summed E-state index contributed by atoms with van der Waals surface area (Å²) in [6.45, 7) is 1.05. The van der Waals surface area contributed by atoms with Crippen LogP contribution in [0.5, 0.6) is 0 Å². The van der Waals surface area contributed by atoms with Gasteiger partial charge in [-0.1, -0.05) is 0 Å². The standard InChI is InChI=1S/C6H10O2S2/c9-5-3-7-1-2-8-4-6-10/h3-6,9-10H,1-2H2. The zero-order valence-electron chi connectivity index (χ0n) is 5.43. The Hall–Kier alpha value is -0.220. The van der Waals surface area contributed by atoms with Gasteiger partial charge in [0.2, 0.25) is 0 Å². The average molecular weight is 178 g/mol. The van der Waals surface area contributed by atoms with Gasteiger partial charge in [-0.15, -0.1) is 25.3 Å². The first kappa shape index (κ1) is 9.78. The molecule has 0 bridgehead atoms. The molecule has 0 aliphatic rings. The summed E-state index contributed by atoms with van der Waals surface area (Å²) in [5.74, 6) is 0. The molecule has 4 heteroatoms. The maximum absolute atomic E-state index is 4.89. The van der Waals surface area contributed by atoms with E-state index in [0.29, 0.717) is 13.2 Å². The molecule has 0 fully saturated rings. The first-order chi connectivity index (χ1) is 4.91. The minimum Gasteiger partial charge on any atom is -0.497 e. The van der Waals surface area contributed by atoms with E-state index in [4.69, 9.17) is 9.47 Å². The van der Waals surface area contributed by atoms with Crippen molar-refractivity contribution in [3.05, 3.63) is 23.3 Å². The van der Waals surface area contributed by atoms with Crippen molar-refractivity contribution >= 4 is 25.3 Å². The first-order valence-electron chi connectivity index (χ1n) is 2.73. The Balaban J connectivity index is 2.90. The van der Waals surface area contributed by atoms with E-state index in [1.807, 2.05) is 0 Å². The van der Waals surface area contributed by atoms with E-state index in [-0.39, 0.29) is 0 Å². The Morgan fingerprint density at radius 2 is 1.30 bits per heavy atom. The third-order valence-corrected chi connectivity index (χ3v) is 0.877. The van der Waals surface area contributed by atoms with Gasteiger partial charge >= 0.3 is 0 Å². The zero-order valence-corrected chi connectivity index (χ0v) is 7.22. The number of hydrogen-bond donors (Lipinski definition) is 2.